The van der Waals surface area contributed by atoms with Gasteiger partial charge in [-0.25, -0.2) is 0 Å². The van der Waals surface area contributed by atoms with E-state index in [-0.39, 0.29) is 5.56 Å². The average Bonchev–Trinajstić information content (AvgIpc) is 3.30. The third kappa shape index (κ3) is 2.73. The molecule has 1 fully saturated rings. The van der Waals surface area contributed by atoms with Crippen LogP contribution in [-0.4, -0.2) is 22.4 Å². The maximum absolute atomic E-state index is 12.3. The molecule has 0 spiro atoms. The number of aromatic nitrogens is 2. The van der Waals surface area contributed by atoms with Crippen molar-refractivity contribution in [1.82, 2.24) is 9.55 Å². The standard InChI is InChI=1S/C19H20N2O2S/c1-21-10-16(14-7-8-20-18(14)19(21)22)15-9-13(24-2)5-6-17(15)23-11-12-3-4-12/h5-10,12,20H,3-4,11H2,1-2H3. The molecule has 1 saturated carbocycles. The predicted octanol–water partition coefficient (Wildman–Crippen LogP) is 4.04. The molecular formula is C19H20N2O2S. The van der Waals surface area contributed by atoms with Crippen LogP contribution in [0.1, 0.15) is 12.8 Å². The van der Waals surface area contributed by atoms with Gasteiger partial charge in [-0.1, -0.05) is 0 Å². The third-order valence-corrected chi connectivity index (χ3v) is 5.27. The van der Waals surface area contributed by atoms with E-state index in [1.807, 2.05) is 24.5 Å². The Morgan fingerprint density at radius 2 is 2.12 bits per heavy atom. The number of ether oxygens (including phenoxy) is 1. The molecule has 1 aliphatic rings. The van der Waals surface area contributed by atoms with Crippen LogP contribution in [0.2, 0.25) is 0 Å². The number of nitrogens with zero attached hydrogens (tertiary/aromatic N) is 1. The van der Waals surface area contributed by atoms with E-state index in [2.05, 4.69) is 23.4 Å². The molecule has 1 aliphatic carbocycles. The molecule has 2 aromatic heterocycles. The van der Waals surface area contributed by atoms with Crippen LogP contribution < -0.4 is 10.3 Å². The molecule has 24 heavy (non-hydrogen) atoms. The molecule has 4 rings (SSSR count). The Kier molecular flexibility index (Phi) is 3.88. The van der Waals surface area contributed by atoms with E-state index < -0.39 is 0 Å². The van der Waals surface area contributed by atoms with Crippen molar-refractivity contribution in [1.29, 1.82) is 0 Å². The predicted molar refractivity (Wildman–Crippen MR) is 99.0 cm³/mol. The number of aromatic amines is 1. The quantitative estimate of drug-likeness (QED) is 0.713. The van der Waals surface area contributed by atoms with Gasteiger partial charge < -0.3 is 14.3 Å². The minimum absolute atomic E-state index is 0.0137. The van der Waals surface area contributed by atoms with Gasteiger partial charge in [-0.15, -0.1) is 11.8 Å². The fraction of sp³-hybridized carbons (Fsp3) is 0.316. The lowest BCUT2D eigenvalue weighted by atomic mass is 10.0. The van der Waals surface area contributed by atoms with Crippen molar-refractivity contribution in [3.63, 3.8) is 0 Å². The molecule has 0 amide bonds. The molecule has 4 nitrogen and oxygen atoms in total. The van der Waals surface area contributed by atoms with E-state index in [0.29, 0.717) is 11.4 Å². The number of thioether (sulfide) groups is 1. The molecular weight excluding hydrogens is 320 g/mol. The van der Waals surface area contributed by atoms with Crippen LogP contribution >= 0.6 is 11.8 Å². The summed E-state index contributed by atoms with van der Waals surface area (Å²) in [5, 5.41) is 0.938. The highest BCUT2D eigenvalue weighted by molar-refractivity contribution is 7.98. The summed E-state index contributed by atoms with van der Waals surface area (Å²) in [5.41, 5.74) is 2.69. The maximum Gasteiger partial charge on any atom is 0.274 e. The zero-order chi connectivity index (χ0) is 16.7. The number of aryl methyl sites for hydroxylation is 1. The van der Waals surface area contributed by atoms with Crippen LogP contribution in [0.3, 0.4) is 0 Å². The van der Waals surface area contributed by atoms with Crippen molar-refractivity contribution in [2.45, 2.75) is 17.7 Å². The third-order valence-electron chi connectivity index (χ3n) is 4.54. The first kappa shape index (κ1) is 15.4. The number of benzene rings is 1. The number of H-pyrrole nitrogens is 1. The number of fused-ring (bicyclic) bond motifs is 1. The summed E-state index contributed by atoms with van der Waals surface area (Å²) in [7, 11) is 1.79. The van der Waals surface area contributed by atoms with Gasteiger partial charge in [0, 0.05) is 40.8 Å². The summed E-state index contributed by atoms with van der Waals surface area (Å²) in [6.07, 6.45) is 8.32. The summed E-state index contributed by atoms with van der Waals surface area (Å²) in [5.74, 6) is 1.59. The van der Waals surface area contributed by atoms with Crippen LogP contribution in [-0.2, 0) is 7.05 Å². The highest BCUT2D eigenvalue weighted by atomic mass is 32.2. The zero-order valence-electron chi connectivity index (χ0n) is 13.8. The maximum atomic E-state index is 12.3. The molecule has 5 heteroatoms. The molecule has 0 bridgehead atoms. The monoisotopic (exact) mass is 340 g/mol. The van der Waals surface area contributed by atoms with E-state index in [4.69, 9.17) is 4.74 Å². The van der Waals surface area contributed by atoms with Gasteiger partial charge in [0.25, 0.3) is 5.56 Å². The normalized spacial score (nSPS) is 14.2. The highest BCUT2D eigenvalue weighted by Crippen LogP contribution is 2.38. The van der Waals surface area contributed by atoms with E-state index >= 15 is 0 Å². The lowest BCUT2D eigenvalue weighted by molar-refractivity contribution is 0.301. The van der Waals surface area contributed by atoms with E-state index in [1.165, 1.54) is 17.7 Å². The molecule has 3 aromatic rings. The summed E-state index contributed by atoms with van der Waals surface area (Å²) in [6.45, 7) is 0.771. The van der Waals surface area contributed by atoms with Crippen LogP contribution in [0.5, 0.6) is 5.75 Å². The lowest BCUT2D eigenvalue weighted by Crippen LogP contribution is -2.16. The Balaban J connectivity index is 1.89. The van der Waals surface area contributed by atoms with Crippen molar-refractivity contribution in [3.05, 3.63) is 47.0 Å². The number of hydrogen-bond acceptors (Lipinski definition) is 3. The van der Waals surface area contributed by atoms with Gasteiger partial charge in [-0.2, -0.15) is 0 Å². The van der Waals surface area contributed by atoms with Crippen molar-refractivity contribution in [2.75, 3.05) is 12.9 Å². The van der Waals surface area contributed by atoms with E-state index in [0.717, 1.165) is 28.9 Å². The molecule has 124 valence electrons. The number of rotatable bonds is 5. The Morgan fingerprint density at radius 3 is 2.88 bits per heavy atom. The van der Waals surface area contributed by atoms with Gasteiger partial charge in [0.1, 0.15) is 11.3 Å². The first-order chi connectivity index (χ1) is 11.7. The van der Waals surface area contributed by atoms with Gasteiger partial charge in [-0.05, 0) is 49.3 Å². The largest absolute Gasteiger partial charge is 0.493 e. The average molecular weight is 340 g/mol. The Morgan fingerprint density at radius 1 is 1.29 bits per heavy atom. The molecule has 0 unspecified atom stereocenters. The summed E-state index contributed by atoms with van der Waals surface area (Å²) in [4.78, 5) is 16.6. The van der Waals surface area contributed by atoms with E-state index in [1.54, 1.807) is 23.4 Å². The van der Waals surface area contributed by atoms with Gasteiger partial charge >= 0.3 is 0 Å². The van der Waals surface area contributed by atoms with Crippen molar-refractivity contribution in [2.24, 2.45) is 13.0 Å². The fourth-order valence-corrected chi connectivity index (χ4v) is 3.39. The van der Waals surface area contributed by atoms with Crippen molar-refractivity contribution >= 4 is 22.7 Å². The lowest BCUT2D eigenvalue weighted by Gasteiger charge is -2.14. The number of nitrogens with one attached hydrogen (secondary N) is 1. The highest BCUT2D eigenvalue weighted by Gasteiger charge is 2.23. The summed E-state index contributed by atoms with van der Waals surface area (Å²) < 4.78 is 7.73. The minimum atomic E-state index is -0.0137. The smallest absolute Gasteiger partial charge is 0.274 e. The fourth-order valence-electron chi connectivity index (χ4n) is 2.95. The van der Waals surface area contributed by atoms with Crippen molar-refractivity contribution < 1.29 is 4.74 Å². The second kappa shape index (κ2) is 6.06. The van der Waals surface area contributed by atoms with Crippen molar-refractivity contribution in [3.8, 4) is 16.9 Å². The molecule has 2 heterocycles. The van der Waals surface area contributed by atoms with Gasteiger partial charge in [0.15, 0.2) is 0 Å². The van der Waals surface area contributed by atoms with Crippen LogP contribution in [0.4, 0.5) is 0 Å². The number of hydrogen-bond donors (Lipinski definition) is 1. The van der Waals surface area contributed by atoms with Crippen LogP contribution in [0.15, 0.2) is 46.3 Å². The topological polar surface area (TPSA) is 47.0 Å². The molecule has 0 aliphatic heterocycles. The zero-order valence-corrected chi connectivity index (χ0v) is 14.7. The molecule has 1 N–H and O–H groups in total. The second-order valence-electron chi connectivity index (χ2n) is 6.34. The Bertz CT molecular complexity index is 954. The molecule has 0 radical (unpaired) electrons. The molecule has 0 atom stereocenters. The van der Waals surface area contributed by atoms with Gasteiger partial charge in [-0.3, -0.25) is 4.79 Å². The van der Waals surface area contributed by atoms with Gasteiger partial charge in [0.05, 0.1) is 6.61 Å². The van der Waals surface area contributed by atoms with E-state index in [9.17, 15) is 4.79 Å². The summed E-state index contributed by atoms with van der Waals surface area (Å²) >= 11 is 1.71. The second-order valence-corrected chi connectivity index (χ2v) is 7.22. The first-order valence-electron chi connectivity index (χ1n) is 8.15. The summed E-state index contributed by atoms with van der Waals surface area (Å²) in [6, 6.07) is 8.25. The number of pyridine rings is 1. The minimum Gasteiger partial charge on any atom is -0.493 e. The van der Waals surface area contributed by atoms with Crippen LogP contribution in [0, 0.1) is 5.92 Å². The van der Waals surface area contributed by atoms with Gasteiger partial charge in [0.2, 0.25) is 0 Å². The Hall–Kier alpha value is -2.14. The SMILES string of the molecule is CSc1ccc(OCC2CC2)c(-c2cn(C)c(=O)c3[nH]ccc23)c1. The van der Waals surface area contributed by atoms with Crippen LogP contribution in [0.25, 0.3) is 22.0 Å². The molecule has 0 saturated heterocycles. The first-order valence-corrected chi connectivity index (χ1v) is 9.38. The Labute approximate surface area is 144 Å². The molecule has 1 aromatic carbocycles.